The zero-order valence-corrected chi connectivity index (χ0v) is 41.3. The second-order valence-corrected chi connectivity index (χ2v) is 17.0. The van der Waals surface area contributed by atoms with E-state index in [1.54, 1.807) is 6.08 Å². The summed E-state index contributed by atoms with van der Waals surface area (Å²) in [5.74, 6) is -0.993. The smallest absolute Gasteiger partial charge is 0.461 e. The number of phosphoric ester groups is 1. The predicted octanol–water partition coefficient (Wildman–Crippen LogP) is 15.1. The van der Waals surface area contributed by atoms with Gasteiger partial charge in [-0.15, -0.1) is 0 Å². The van der Waals surface area contributed by atoms with Crippen molar-refractivity contribution >= 4 is 19.8 Å². The Hall–Kier alpha value is -3.85. The minimum Gasteiger partial charge on any atom is -0.461 e. The standard InChI is InChI=1S/C55H88NO8P/c1-3-5-7-9-11-13-15-17-19-20-21-22-23-24-25-26-27-28-29-30-31-32-34-36-38-40-42-44-46-48-55(58)64-53(52-63-65(59,60)62-50-49-56)51-61-54(57)47-45-43-41-39-37-35-33-18-16-14-12-10-8-6-4-2/h5-8,11-14,17-19,21-22,24-25,27-28,33,37,39,43,45,53H,3-4,9-10,15-16,20,23,26,29-32,34-36,38,40-42,44,46-52,56H2,1-2H3,(H,59,60)/b7-5-,8-6-,13-11-,14-12-,19-17-,22-21-,25-24-,28-27-,33-18-,39-37-,45-43-. The molecule has 0 aromatic carbocycles. The molecule has 0 aromatic heterocycles. The lowest BCUT2D eigenvalue weighted by molar-refractivity contribution is -0.160. The molecule has 0 aliphatic heterocycles. The van der Waals surface area contributed by atoms with Gasteiger partial charge >= 0.3 is 19.8 Å². The fraction of sp³-hybridized carbons (Fsp3) is 0.564. The van der Waals surface area contributed by atoms with Crippen molar-refractivity contribution in [1.82, 2.24) is 0 Å². The molecule has 0 saturated heterocycles. The fourth-order valence-corrected chi connectivity index (χ4v) is 6.77. The van der Waals surface area contributed by atoms with Crippen LogP contribution in [-0.4, -0.2) is 49.3 Å². The number of ether oxygens (including phenoxy) is 2. The van der Waals surface area contributed by atoms with Gasteiger partial charge in [0.05, 0.1) is 19.6 Å². The number of hydrogen-bond donors (Lipinski definition) is 2. The number of unbranched alkanes of at least 4 members (excludes halogenated alkanes) is 10. The topological polar surface area (TPSA) is 134 Å². The van der Waals surface area contributed by atoms with E-state index in [2.05, 4.69) is 129 Å². The lowest BCUT2D eigenvalue weighted by Crippen LogP contribution is -2.29. The number of allylic oxidation sites excluding steroid dienone is 21. The average molecular weight is 922 g/mol. The van der Waals surface area contributed by atoms with E-state index in [-0.39, 0.29) is 32.6 Å². The van der Waals surface area contributed by atoms with Crippen molar-refractivity contribution in [2.75, 3.05) is 26.4 Å². The monoisotopic (exact) mass is 922 g/mol. The number of carbonyl (C=O) groups excluding carboxylic acids is 2. The summed E-state index contributed by atoms with van der Waals surface area (Å²) in [7, 11) is -4.41. The molecule has 2 unspecified atom stereocenters. The second kappa shape index (κ2) is 49.6. The van der Waals surface area contributed by atoms with Crippen LogP contribution in [0.1, 0.15) is 168 Å². The molecule has 0 bridgehead atoms. The largest absolute Gasteiger partial charge is 0.472 e. The number of hydrogen-bond acceptors (Lipinski definition) is 8. The summed E-state index contributed by atoms with van der Waals surface area (Å²) in [6, 6.07) is 0. The minimum absolute atomic E-state index is 0.0338. The van der Waals surface area contributed by atoms with Gasteiger partial charge in [0, 0.05) is 13.0 Å². The van der Waals surface area contributed by atoms with E-state index in [4.69, 9.17) is 24.3 Å². The molecule has 2 atom stereocenters. The lowest BCUT2D eigenvalue weighted by Gasteiger charge is -2.19. The van der Waals surface area contributed by atoms with E-state index >= 15 is 0 Å². The van der Waals surface area contributed by atoms with Crippen molar-refractivity contribution in [2.24, 2.45) is 5.73 Å². The van der Waals surface area contributed by atoms with E-state index in [1.165, 1.54) is 38.5 Å². The van der Waals surface area contributed by atoms with Gasteiger partial charge in [0.15, 0.2) is 6.10 Å². The van der Waals surface area contributed by atoms with Crippen molar-refractivity contribution in [3.63, 3.8) is 0 Å². The summed E-state index contributed by atoms with van der Waals surface area (Å²) >= 11 is 0. The summed E-state index contributed by atoms with van der Waals surface area (Å²) < 4.78 is 32.7. The van der Waals surface area contributed by atoms with Gasteiger partial charge in [-0.2, -0.15) is 0 Å². The van der Waals surface area contributed by atoms with E-state index in [0.29, 0.717) is 12.8 Å². The van der Waals surface area contributed by atoms with Crippen molar-refractivity contribution in [2.45, 2.75) is 174 Å². The highest BCUT2D eigenvalue weighted by atomic mass is 31.2. The zero-order valence-electron chi connectivity index (χ0n) is 40.4. The summed E-state index contributed by atoms with van der Waals surface area (Å²) in [6.07, 6.45) is 69.5. The molecule has 366 valence electrons. The quantitative estimate of drug-likeness (QED) is 0.0265. The fourth-order valence-electron chi connectivity index (χ4n) is 6.00. The van der Waals surface area contributed by atoms with Crippen LogP contribution >= 0.6 is 7.82 Å². The third kappa shape index (κ3) is 49.4. The van der Waals surface area contributed by atoms with Crippen molar-refractivity contribution in [1.29, 1.82) is 0 Å². The highest BCUT2D eigenvalue weighted by Crippen LogP contribution is 2.43. The molecule has 9 nitrogen and oxygen atoms in total. The molecule has 0 amide bonds. The van der Waals surface area contributed by atoms with Gasteiger partial charge in [-0.25, -0.2) is 4.57 Å². The Morgan fingerprint density at radius 3 is 1.26 bits per heavy atom. The van der Waals surface area contributed by atoms with Crippen molar-refractivity contribution in [3.05, 3.63) is 134 Å². The third-order valence-electron chi connectivity index (χ3n) is 9.56. The van der Waals surface area contributed by atoms with E-state index < -0.39 is 32.5 Å². The Bertz CT molecular complexity index is 1520. The minimum atomic E-state index is -4.41. The molecular formula is C55H88NO8P. The molecule has 0 aliphatic rings. The van der Waals surface area contributed by atoms with Gasteiger partial charge in [-0.3, -0.25) is 18.6 Å². The van der Waals surface area contributed by atoms with E-state index in [0.717, 1.165) is 89.9 Å². The molecular weight excluding hydrogens is 834 g/mol. The summed E-state index contributed by atoms with van der Waals surface area (Å²) in [5, 5.41) is 0. The Kier molecular flexibility index (Phi) is 46.6. The highest BCUT2D eigenvalue weighted by molar-refractivity contribution is 7.47. The molecule has 0 spiro atoms. The molecule has 0 radical (unpaired) electrons. The van der Waals surface area contributed by atoms with Gasteiger partial charge < -0.3 is 20.1 Å². The lowest BCUT2D eigenvalue weighted by atomic mass is 10.0. The van der Waals surface area contributed by atoms with E-state index in [1.807, 2.05) is 12.2 Å². The highest BCUT2D eigenvalue weighted by Gasteiger charge is 2.25. The zero-order chi connectivity index (χ0) is 47.4. The number of nitrogens with two attached hydrogens (primary N) is 1. The van der Waals surface area contributed by atoms with Crippen LogP contribution in [0.2, 0.25) is 0 Å². The molecule has 0 heterocycles. The van der Waals surface area contributed by atoms with Gasteiger partial charge in [0.1, 0.15) is 6.61 Å². The molecule has 3 N–H and O–H groups in total. The molecule has 0 aliphatic carbocycles. The number of esters is 2. The first-order valence-corrected chi connectivity index (χ1v) is 26.2. The normalized spacial score (nSPS) is 14.3. The maximum absolute atomic E-state index is 12.6. The summed E-state index contributed by atoms with van der Waals surface area (Å²) in [5.41, 5.74) is 5.35. The van der Waals surface area contributed by atoms with Crippen LogP contribution in [0.25, 0.3) is 0 Å². The van der Waals surface area contributed by atoms with Crippen LogP contribution in [0.3, 0.4) is 0 Å². The first-order valence-electron chi connectivity index (χ1n) is 24.7. The van der Waals surface area contributed by atoms with Crippen LogP contribution in [0.5, 0.6) is 0 Å². The Labute approximate surface area is 395 Å². The van der Waals surface area contributed by atoms with Gasteiger partial charge in [-0.05, 0) is 89.9 Å². The van der Waals surface area contributed by atoms with Crippen LogP contribution in [0.15, 0.2) is 134 Å². The second-order valence-electron chi connectivity index (χ2n) is 15.6. The maximum Gasteiger partial charge on any atom is 0.472 e. The third-order valence-corrected chi connectivity index (χ3v) is 10.5. The SMILES string of the molecule is CC/C=C\C/C=C\C/C=C\C/C=C\C/C=C\C/C=C\CCCCCCCCCCCCC(=O)OC(COC(=O)C/C=C\C/C=C\C/C=C\C/C=C\C/C=C\CC)COP(=O)(O)OCCN. The number of carbonyl (C=O) groups is 2. The Morgan fingerprint density at radius 1 is 0.477 bits per heavy atom. The number of phosphoric acid groups is 1. The van der Waals surface area contributed by atoms with E-state index in [9.17, 15) is 19.0 Å². The summed E-state index contributed by atoms with van der Waals surface area (Å²) in [6.45, 7) is 3.36. The molecule has 0 fully saturated rings. The molecule has 10 heteroatoms. The predicted molar refractivity (Wildman–Crippen MR) is 274 cm³/mol. The first-order chi connectivity index (χ1) is 31.8. The van der Waals surface area contributed by atoms with Crippen LogP contribution in [-0.2, 0) is 32.7 Å². The molecule has 65 heavy (non-hydrogen) atoms. The molecule has 0 aromatic rings. The van der Waals surface area contributed by atoms with Crippen molar-refractivity contribution < 1.29 is 37.6 Å². The van der Waals surface area contributed by atoms with Crippen LogP contribution in [0.4, 0.5) is 0 Å². The van der Waals surface area contributed by atoms with Crippen molar-refractivity contribution in [3.8, 4) is 0 Å². The molecule has 0 rings (SSSR count). The average Bonchev–Trinajstić information content (AvgIpc) is 3.30. The number of rotatable bonds is 44. The Morgan fingerprint density at radius 2 is 0.846 bits per heavy atom. The first kappa shape index (κ1) is 61.1. The van der Waals surface area contributed by atoms with Gasteiger partial charge in [0.2, 0.25) is 0 Å². The maximum atomic E-state index is 12.6. The van der Waals surface area contributed by atoms with Gasteiger partial charge in [0.25, 0.3) is 0 Å². The van der Waals surface area contributed by atoms with Gasteiger partial charge in [-0.1, -0.05) is 199 Å². The molecule has 0 saturated carbocycles. The Balaban J connectivity index is 4.14. The van der Waals surface area contributed by atoms with Crippen LogP contribution < -0.4 is 5.73 Å². The van der Waals surface area contributed by atoms with Crippen LogP contribution in [0, 0.1) is 0 Å². The summed E-state index contributed by atoms with van der Waals surface area (Å²) in [4.78, 5) is 34.9.